The van der Waals surface area contributed by atoms with E-state index in [0.29, 0.717) is 6.04 Å². The molecule has 1 aromatic heterocycles. The average Bonchev–Trinajstić information content (AvgIpc) is 2.73. The van der Waals surface area contributed by atoms with E-state index < -0.39 is 0 Å². The molecule has 0 bridgehead atoms. The zero-order valence-electron chi connectivity index (χ0n) is 13.8. The van der Waals surface area contributed by atoms with Crippen LogP contribution in [0.2, 0.25) is 0 Å². The molecule has 2 rings (SSSR count). The topological polar surface area (TPSA) is 33.1 Å². The Morgan fingerprint density at radius 2 is 2.19 bits per heavy atom. The van der Waals surface area contributed by atoms with Gasteiger partial charge in [-0.2, -0.15) is 5.10 Å². The molecule has 1 fully saturated rings. The smallest absolute Gasteiger partial charge is 0.0767 e. The number of hydrogen-bond donors (Lipinski definition) is 1. The van der Waals surface area contributed by atoms with E-state index >= 15 is 0 Å². The van der Waals surface area contributed by atoms with Gasteiger partial charge in [0, 0.05) is 26.2 Å². The first-order valence-electron chi connectivity index (χ1n) is 8.17. The van der Waals surface area contributed by atoms with Crippen LogP contribution in [-0.4, -0.2) is 40.4 Å². The van der Waals surface area contributed by atoms with Crippen molar-refractivity contribution < 1.29 is 0 Å². The molecule has 0 amide bonds. The number of hydrogen-bond acceptors (Lipinski definition) is 3. The summed E-state index contributed by atoms with van der Waals surface area (Å²) >= 11 is 3.73. The summed E-state index contributed by atoms with van der Waals surface area (Å²) in [4.78, 5) is 2.58. The highest BCUT2D eigenvalue weighted by atomic mass is 79.9. The van der Waals surface area contributed by atoms with Crippen molar-refractivity contribution in [2.24, 2.45) is 13.0 Å². The van der Waals surface area contributed by atoms with Gasteiger partial charge in [0.05, 0.1) is 15.9 Å². The first-order valence-corrected chi connectivity index (χ1v) is 8.96. The monoisotopic (exact) mass is 356 g/mol. The lowest BCUT2D eigenvalue weighted by molar-refractivity contribution is 0.160. The molecule has 0 radical (unpaired) electrons. The van der Waals surface area contributed by atoms with E-state index in [1.807, 2.05) is 4.68 Å². The number of nitrogens with zero attached hydrogens (tertiary/aromatic N) is 3. The van der Waals surface area contributed by atoms with Crippen LogP contribution in [0.15, 0.2) is 4.47 Å². The zero-order valence-corrected chi connectivity index (χ0v) is 15.4. The molecule has 0 spiro atoms. The van der Waals surface area contributed by atoms with Crippen molar-refractivity contribution in [3.63, 3.8) is 0 Å². The molecule has 5 heteroatoms. The van der Waals surface area contributed by atoms with Crippen LogP contribution in [0.4, 0.5) is 0 Å². The molecule has 0 aliphatic carbocycles. The van der Waals surface area contributed by atoms with Crippen molar-refractivity contribution >= 4 is 15.9 Å². The Kier molecular flexibility index (Phi) is 6.26. The second-order valence-electron chi connectivity index (χ2n) is 6.49. The van der Waals surface area contributed by atoms with Crippen molar-refractivity contribution in [3.05, 3.63) is 15.9 Å². The number of halogens is 1. The van der Waals surface area contributed by atoms with Crippen molar-refractivity contribution in [2.75, 3.05) is 19.6 Å². The molecule has 120 valence electrons. The number of piperidine rings is 1. The molecule has 0 saturated carbocycles. The van der Waals surface area contributed by atoms with Gasteiger partial charge in [-0.3, -0.25) is 9.58 Å². The summed E-state index contributed by atoms with van der Waals surface area (Å²) < 4.78 is 3.24. The molecule has 1 unspecified atom stereocenters. The molecule has 1 aromatic rings. The van der Waals surface area contributed by atoms with Gasteiger partial charge in [-0.25, -0.2) is 0 Å². The molecule has 1 aliphatic rings. The Balaban J connectivity index is 1.95. The van der Waals surface area contributed by atoms with Gasteiger partial charge in [-0.1, -0.05) is 20.8 Å². The van der Waals surface area contributed by atoms with Crippen molar-refractivity contribution in [2.45, 2.75) is 52.6 Å². The fourth-order valence-electron chi connectivity index (χ4n) is 3.07. The van der Waals surface area contributed by atoms with E-state index in [1.165, 1.54) is 41.8 Å². The minimum Gasteiger partial charge on any atom is -0.314 e. The molecule has 1 saturated heterocycles. The molecule has 1 aliphatic heterocycles. The van der Waals surface area contributed by atoms with Crippen molar-refractivity contribution in [3.8, 4) is 0 Å². The fourth-order valence-corrected chi connectivity index (χ4v) is 3.81. The van der Waals surface area contributed by atoms with E-state index in [-0.39, 0.29) is 0 Å². The number of nitrogens with one attached hydrogen (secondary N) is 1. The van der Waals surface area contributed by atoms with Gasteiger partial charge in [0.15, 0.2) is 0 Å². The molecule has 4 nitrogen and oxygen atoms in total. The maximum atomic E-state index is 4.60. The highest BCUT2D eigenvalue weighted by Gasteiger charge is 2.22. The largest absolute Gasteiger partial charge is 0.314 e. The predicted molar refractivity (Wildman–Crippen MR) is 91.4 cm³/mol. The molecular weight excluding hydrogens is 328 g/mol. The van der Waals surface area contributed by atoms with Gasteiger partial charge in [0.25, 0.3) is 0 Å². The summed E-state index contributed by atoms with van der Waals surface area (Å²) in [6, 6.07) is 0.582. The standard InChI is InChI=1S/C16H29BrN4/c1-5-14-16(17)15(20(4)19-14)11-21-8-6-7-13(10-21)9-18-12(2)3/h12-13,18H,5-11H2,1-4H3. The SMILES string of the molecule is CCc1nn(C)c(CN2CCCC(CNC(C)C)C2)c1Br. The maximum absolute atomic E-state index is 4.60. The lowest BCUT2D eigenvalue weighted by Gasteiger charge is -2.33. The summed E-state index contributed by atoms with van der Waals surface area (Å²) in [6.45, 7) is 11.1. The number of rotatable bonds is 6. The molecule has 2 heterocycles. The second kappa shape index (κ2) is 7.75. The third-order valence-corrected chi connectivity index (χ3v) is 5.21. The molecule has 1 atom stereocenters. The summed E-state index contributed by atoms with van der Waals surface area (Å²) in [5.74, 6) is 0.777. The van der Waals surface area contributed by atoms with E-state index in [9.17, 15) is 0 Å². The van der Waals surface area contributed by atoms with Crippen molar-refractivity contribution in [1.29, 1.82) is 0 Å². The van der Waals surface area contributed by atoms with Crippen LogP contribution >= 0.6 is 15.9 Å². The molecular formula is C16H29BrN4. The Hall–Kier alpha value is -0.390. The van der Waals surface area contributed by atoms with E-state index in [0.717, 1.165) is 25.4 Å². The highest BCUT2D eigenvalue weighted by Crippen LogP contribution is 2.25. The van der Waals surface area contributed by atoms with Crippen LogP contribution in [0.5, 0.6) is 0 Å². The average molecular weight is 357 g/mol. The molecule has 21 heavy (non-hydrogen) atoms. The number of aryl methyl sites for hydroxylation is 2. The summed E-state index contributed by atoms with van der Waals surface area (Å²) in [7, 11) is 2.06. The van der Waals surface area contributed by atoms with Gasteiger partial charge < -0.3 is 5.32 Å². The van der Waals surface area contributed by atoms with Crippen LogP contribution in [0.25, 0.3) is 0 Å². The second-order valence-corrected chi connectivity index (χ2v) is 7.28. The lowest BCUT2D eigenvalue weighted by Crippen LogP contribution is -2.40. The number of aromatic nitrogens is 2. The van der Waals surface area contributed by atoms with E-state index in [4.69, 9.17) is 0 Å². The minimum atomic E-state index is 0.582. The van der Waals surface area contributed by atoms with Gasteiger partial charge >= 0.3 is 0 Å². The van der Waals surface area contributed by atoms with Crippen LogP contribution in [0.3, 0.4) is 0 Å². The zero-order chi connectivity index (χ0) is 15.4. The first kappa shape index (κ1) is 17.0. The lowest BCUT2D eigenvalue weighted by atomic mass is 9.97. The van der Waals surface area contributed by atoms with Gasteiger partial charge in [0.1, 0.15) is 0 Å². The third-order valence-electron chi connectivity index (χ3n) is 4.29. The van der Waals surface area contributed by atoms with E-state index in [1.54, 1.807) is 0 Å². The third kappa shape index (κ3) is 4.54. The number of likely N-dealkylation sites (tertiary alicyclic amines) is 1. The summed E-state index contributed by atoms with van der Waals surface area (Å²) in [5, 5.41) is 8.19. The first-order chi connectivity index (χ1) is 10.0. The minimum absolute atomic E-state index is 0.582. The fraction of sp³-hybridized carbons (Fsp3) is 0.812. The van der Waals surface area contributed by atoms with Crippen LogP contribution in [0.1, 0.15) is 45.0 Å². The Morgan fingerprint density at radius 1 is 1.43 bits per heavy atom. The van der Waals surface area contributed by atoms with Crippen LogP contribution in [-0.2, 0) is 20.0 Å². The predicted octanol–water partition coefficient (Wildman–Crippen LogP) is 2.96. The molecule has 0 aromatic carbocycles. The van der Waals surface area contributed by atoms with Crippen LogP contribution in [0, 0.1) is 5.92 Å². The Morgan fingerprint density at radius 3 is 2.81 bits per heavy atom. The normalized spacial score (nSPS) is 20.4. The Bertz CT molecular complexity index is 455. The summed E-state index contributed by atoms with van der Waals surface area (Å²) in [5.41, 5.74) is 2.48. The molecule has 1 N–H and O–H groups in total. The van der Waals surface area contributed by atoms with E-state index in [2.05, 4.69) is 59.1 Å². The highest BCUT2D eigenvalue weighted by molar-refractivity contribution is 9.10. The Labute approximate surface area is 137 Å². The summed E-state index contributed by atoms with van der Waals surface area (Å²) in [6.07, 6.45) is 3.64. The maximum Gasteiger partial charge on any atom is 0.0767 e. The van der Waals surface area contributed by atoms with Gasteiger partial charge in [-0.05, 0) is 54.2 Å². The quantitative estimate of drug-likeness (QED) is 0.850. The van der Waals surface area contributed by atoms with Crippen molar-refractivity contribution in [1.82, 2.24) is 20.0 Å². The van der Waals surface area contributed by atoms with Crippen LogP contribution < -0.4 is 5.32 Å². The van der Waals surface area contributed by atoms with Gasteiger partial charge in [0.2, 0.25) is 0 Å². The van der Waals surface area contributed by atoms with Gasteiger partial charge in [-0.15, -0.1) is 0 Å².